The van der Waals surface area contributed by atoms with Gasteiger partial charge in [-0.2, -0.15) is 0 Å². The predicted molar refractivity (Wildman–Crippen MR) is 153 cm³/mol. The lowest BCUT2D eigenvalue weighted by molar-refractivity contribution is -0.151. The molecule has 1 atom stereocenters. The summed E-state index contributed by atoms with van der Waals surface area (Å²) in [7, 11) is 1.36. The summed E-state index contributed by atoms with van der Waals surface area (Å²) in [4.78, 5) is 12.1. The molecule has 6 rings (SSSR count). The normalized spacial score (nSPS) is 19.3. The zero-order chi connectivity index (χ0) is 28.6. The number of fused-ring (bicyclic) bond motifs is 1. The first-order valence-corrected chi connectivity index (χ1v) is 14.5. The number of anilines is 2. The van der Waals surface area contributed by atoms with Crippen LogP contribution in [0.2, 0.25) is 5.02 Å². The molecule has 2 saturated carbocycles. The second-order valence-corrected chi connectivity index (χ2v) is 11.7. The van der Waals surface area contributed by atoms with Gasteiger partial charge in [0.1, 0.15) is 17.2 Å². The predicted octanol–water partition coefficient (Wildman–Crippen LogP) is 7.67. The van der Waals surface area contributed by atoms with E-state index in [9.17, 15) is 13.6 Å². The number of hydrogen-bond acceptors (Lipinski definition) is 6. The minimum Gasteiger partial charge on any atom is -0.493 e. The first kappa shape index (κ1) is 27.6. The summed E-state index contributed by atoms with van der Waals surface area (Å²) < 4.78 is 45.8. The molecule has 216 valence electrons. The lowest BCUT2D eigenvalue weighted by atomic mass is 9.72. The third kappa shape index (κ3) is 5.42. The Hall–Kier alpha value is -3.52. The first-order valence-electron chi connectivity index (χ1n) is 14.1. The standard InChI is InChI=1S/C32H33ClF2N2O4/c1-39-30(38)31(15-16-31)41-24-13-11-23(12-14-24)40-19-25(20-5-3-2-4-6-20)32(21-7-9-22(33)10-8-21)36-28-17-26(34)27(35)18-29(28)37-32/h7-14,17-18,20,25,36-37H,2-6,15-16,19H2,1H3. The van der Waals surface area contributed by atoms with Crippen molar-refractivity contribution in [3.8, 4) is 11.5 Å². The molecule has 0 aromatic heterocycles. The average Bonchev–Trinajstić information content (AvgIpc) is 3.68. The van der Waals surface area contributed by atoms with Crippen LogP contribution in [0.25, 0.3) is 0 Å². The van der Waals surface area contributed by atoms with Gasteiger partial charge in [-0.05, 0) is 60.7 Å². The quantitative estimate of drug-likeness (QED) is 0.252. The van der Waals surface area contributed by atoms with Crippen molar-refractivity contribution >= 4 is 28.9 Å². The summed E-state index contributed by atoms with van der Waals surface area (Å²) in [6.07, 6.45) is 6.71. The van der Waals surface area contributed by atoms with E-state index in [1.165, 1.54) is 25.7 Å². The Balaban J connectivity index is 1.29. The van der Waals surface area contributed by atoms with Crippen molar-refractivity contribution in [1.29, 1.82) is 0 Å². The molecular weight excluding hydrogens is 550 g/mol. The van der Waals surface area contributed by atoms with Crippen molar-refractivity contribution < 1.29 is 27.8 Å². The summed E-state index contributed by atoms with van der Waals surface area (Å²) in [6, 6.07) is 17.2. The Morgan fingerprint density at radius 2 is 1.51 bits per heavy atom. The van der Waals surface area contributed by atoms with Crippen LogP contribution in [0.4, 0.5) is 20.2 Å². The maximum atomic E-state index is 14.3. The topological polar surface area (TPSA) is 68.8 Å². The molecule has 3 aliphatic rings. The molecule has 9 heteroatoms. The Labute approximate surface area is 243 Å². The third-order valence-electron chi connectivity index (χ3n) is 8.63. The van der Waals surface area contributed by atoms with Gasteiger partial charge >= 0.3 is 5.97 Å². The van der Waals surface area contributed by atoms with E-state index in [-0.39, 0.29) is 11.9 Å². The highest BCUT2D eigenvalue weighted by atomic mass is 35.5. The Morgan fingerprint density at radius 1 is 0.927 bits per heavy atom. The molecule has 0 amide bonds. The van der Waals surface area contributed by atoms with Crippen LogP contribution in [0.1, 0.15) is 50.5 Å². The number of hydrogen-bond donors (Lipinski definition) is 2. The number of esters is 1. The molecule has 1 aliphatic heterocycles. The number of rotatable bonds is 9. The molecule has 2 aliphatic carbocycles. The summed E-state index contributed by atoms with van der Waals surface area (Å²) in [6.45, 7) is 0.346. The minimum absolute atomic E-state index is 0.104. The SMILES string of the molecule is COC(=O)C1(Oc2ccc(OCC(C3CCCCC3)C3(c4ccc(Cl)cc4)Nc4cc(F)c(F)cc4N3)cc2)CC1. The summed E-state index contributed by atoms with van der Waals surface area (Å²) in [5.74, 6) is -0.762. The molecular formula is C32H33ClF2N2O4. The molecule has 41 heavy (non-hydrogen) atoms. The van der Waals surface area contributed by atoms with Gasteiger partial charge in [0.2, 0.25) is 5.60 Å². The zero-order valence-electron chi connectivity index (χ0n) is 22.9. The van der Waals surface area contributed by atoms with E-state index in [0.717, 1.165) is 31.2 Å². The Bertz CT molecular complexity index is 1380. The first-order chi connectivity index (χ1) is 19.8. The van der Waals surface area contributed by atoms with Crippen molar-refractivity contribution in [1.82, 2.24) is 0 Å². The lowest BCUT2D eigenvalue weighted by Gasteiger charge is -2.44. The molecule has 3 aromatic carbocycles. The van der Waals surface area contributed by atoms with Gasteiger partial charge in [0.25, 0.3) is 0 Å². The van der Waals surface area contributed by atoms with Crippen LogP contribution in [0.3, 0.4) is 0 Å². The fourth-order valence-corrected chi connectivity index (χ4v) is 6.41. The molecule has 0 saturated heterocycles. The molecule has 0 bridgehead atoms. The van der Waals surface area contributed by atoms with E-state index in [4.69, 9.17) is 25.8 Å². The lowest BCUT2D eigenvalue weighted by Crippen LogP contribution is -2.51. The van der Waals surface area contributed by atoms with Crippen LogP contribution in [0, 0.1) is 23.5 Å². The van der Waals surface area contributed by atoms with Crippen LogP contribution in [-0.2, 0) is 15.2 Å². The minimum atomic E-state index is -0.905. The fraction of sp³-hybridized carbons (Fsp3) is 0.406. The zero-order valence-corrected chi connectivity index (χ0v) is 23.6. The maximum absolute atomic E-state index is 14.3. The van der Waals surface area contributed by atoms with Gasteiger partial charge in [0, 0.05) is 35.9 Å². The van der Waals surface area contributed by atoms with E-state index in [1.807, 2.05) is 36.4 Å². The molecule has 3 aromatic rings. The van der Waals surface area contributed by atoms with Crippen LogP contribution in [0.5, 0.6) is 11.5 Å². The molecule has 1 heterocycles. The maximum Gasteiger partial charge on any atom is 0.350 e. The van der Waals surface area contributed by atoms with Crippen molar-refractivity contribution in [2.45, 2.75) is 56.2 Å². The molecule has 0 radical (unpaired) electrons. The van der Waals surface area contributed by atoms with E-state index in [1.54, 1.807) is 12.1 Å². The number of carbonyl (C=O) groups is 1. The summed E-state index contributed by atoms with van der Waals surface area (Å²) in [5.41, 5.74) is 0.139. The monoisotopic (exact) mass is 582 g/mol. The largest absolute Gasteiger partial charge is 0.493 e. The number of benzene rings is 3. The van der Waals surface area contributed by atoms with Gasteiger partial charge in [0.05, 0.1) is 25.1 Å². The van der Waals surface area contributed by atoms with Gasteiger partial charge in [-0.3, -0.25) is 0 Å². The highest BCUT2D eigenvalue weighted by molar-refractivity contribution is 6.30. The van der Waals surface area contributed by atoms with Crippen LogP contribution < -0.4 is 20.1 Å². The van der Waals surface area contributed by atoms with Gasteiger partial charge < -0.3 is 24.8 Å². The number of methoxy groups -OCH3 is 1. The van der Waals surface area contributed by atoms with E-state index in [2.05, 4.69) is 10.6 Å². The second-order valence-electron chi connectivity index (χ2n) is 11.3. The number of halogens is 3. The number of nitrogens with one attached hydrogen (secondary N) is 2. The molecule has 1 unspecified atom stereocenters. The fourth-order valence-electron chi connectivity index (χ4n) is 6.28. The third-order valence-corrected chi connectivity index (χ3v) is 8.88. The summed E-state index contributed by atoms with van der Waals surface area (Å²) >= 11 is 6.25. The molecule has 2 fully saturated rings. The van der Waals surface area contributed by atoms with E-state index >= 15 is 0 Å². The number of carbonyl (C=O) groups excluding carboxylic acids is 1. The molecule has 6 nitrogen and oxygen atoms in total. The van der Waals surface area contributed by atoms with Gasteiger partial charge in [-0.25, -0.2) is 13.6 Å². The highest BCUT2D eigenvalue weighted by Gasteiger charge is 2.54. The van der Waals surface area contributed by atoms with Gasteiger partial charge in [0.15, 0.2) is 11.6 Å². The molecule has 0 spiro atoms. The van der Waals surface area contributed by atoms with Crippen molar-refractivity contribution in [2.75, 3.05) is 24.4 Å². The van der Waals surface area contributed by atoms with Crippen molar-refractivity contribution in [3.63, 3.8) is 0 Å². The van der Waals surface area contributed by atoms with Crippen LogP contribution >= 0.6 is 11.6 Å². The Morgan fingerprint density at radius 3 is 2.07 bits per heavy atom. The van der Waals surface area contributed by atoms with Crippen LogP contribution in [-0.4, -0.2) is 25.3 Å². The highest BCUT2D eigenvalue weighted by Crippen LogP contribution is 2.49. The number of ether oxygens (including phenoxy) is 3. The molecule has 2 N–H and O–H groups in total. The second kappa shape index (κ2) is 11.0. The summed E-state index contributed by atoms with van der Waals surface area (Å²) in [5, 5.41) is 7.68. The van der Waals surface area contributed by atoms with Crippen LogP contribution in [0.15, 0.2) is 60.7 Å². The van der Waals surface area contributed by atoms with E-state index in [0.29, 0.717) is 53.3 Å². The van der Waals surface area contributed by atoms with Gasteiger partial charge in [-0.15, -0.1) is 0 Å². The van der Waals surface area contributed by atoms with Gasteiger partial charge in [-0.1, -0.05) is 43.0 Å². The van der Waals surface area contributed by atoms with Crippen molar-refractivity contribution in [3.05, 3.63) is 82.9 Å². The Kier molecular flexibility index (Phi) is 7.45. The van der Waals surface area contributed by atoms with Crippen molar-refractivity contribution in [2.24, 2.45) is 11.8 Å². The average molecular weight is 583 g/mol. The van der Waals surface area contributed by atoms with E-state index < -0.39 is 22.9 Å². The smallest absolute Gasteiger partial charge is 0.350 e.